The number of rotatable bonds is 15. The lowest BCUT2D eigenvalue weighted by Crippen LogP contribution is -2.35. The van der Waals surface area contributed by atoms with Crippen molar-refractivity contribution in [2.24, 2.45) is 0 Å². The molecule has 4 heterocycles. The Morgan fingerprint density at radius 1 is 0.721 bits per heavy atom. The Balaban J connectivity index is 1.07. The Morgan fingerprint density at radius 3 is 1.84 bits per heavy atom. The second-order valence-corrected chi connectivity index (χ2v) is 20.4. The van der Waals surface area contributed by atoms with E-state index in [-0.39, 0.29) is 34.2 Å². The van der Waals surface area contributed by atoms with Gasteiger partial charge in [0, 0.05) is 87.8 Å². The molecule has 0 radical (unpaired) electrons. The van der Waals surface area contributed by atoms with E-state index in [0.29, 0.717) is 23.5 Å². The molecule has 2 aromatic heterocycles. The van der Waals surface area contributed by atoms with Crippen LogP contribution in [0.2, 0.25) is 0 Å². The first kappa shape index (κ1) is 42.7. The molecule has 61 heavy (non-hydrogen) atoms. The molecule has 2 N–H and O–H groups in total. The summed E-state index contributed by atoms with van der Waals surface area (Å²) >= 11 is 2.22. The lowest BCUT2D eigenvalue weighted by molar-refractivity contribution is 0.326. The summed E-state index contributed by atoms with van der Waals surface area (Å²) in [5.74, 6) is -2.04. The number of aromatic nitrogens is 2. The van der Waals surface area contributed by atoms with E-state index in [1.165, 1.54) is 51.5 Å². The Hall–Kier alpha value is -4.98. The molecule has 2 aliphatic rings. The van der Waals surface area contributed by atoms with Crippen molar-refractivity contribution in [3.05, 3.63) is 130 Å². The molecule has 12 nitrogen and oxygen atoms in total. The number of nitrogens with zero attached hydrogens (tertiary/aromatic N) is 6. The molecular weight excluding hydrogens is 859 g/mol. The predicted molar refractivity (Wildman–Crippen MR) is 239 cm³/mol. The van der Waals surface area contributed by atoms with Crippen molar-refractivity contribution in [3.8, 4) is 10.4 Å². The number of aryl methyl sites for hydroxylation is 1. The summed E-state index contributed by atoms with van der Waals surface area (Å²) in [6.07, 6.45) is 1.62. The van der Waals surface area contributed by atoms with E-state index < -0.39 is 41.5 Å². The van der Waals surface area contributed by atoms with Crippen LogP contribution in [0.25, 0.3) is 10.4 Å². The minimum Gasteiger partial charge on any atom is -0.370 e. The molecule has 0 saturated carbocycles. The zero-order chi connectivity index (χ0) is 42.9. The Kier molecular flexibility index (Phi) is 12.4. The largest absolute Gasteiger partial charge is 0.370 e. The van der Waals surface area contributed by atoms with Crippen LogP contribution in [0.3, 0.4) is 0 Å². The van der Waals surface area contributed by atoms with Crippen molar-refractivity contribution in [2.45, 2.75) is 54.7 Å². The van der Waals surface area contributed by atoms with Gasteiger partial charge in [-0.2, -0.15) is 0 Å². The van der Waals surface area contributed by atoms with Crippen LogP contribution >= 0.6 is 22.7 Å². The van der Waals surface area contributed by atoms with Crippen LogP contribution in [0, 0.1) is 18.6 Å². The number of sulfonamides is 2. The normalized spacial score (nSPS) is 17.5. The summed E-state index contributed by atoms with van der Waals surface area (Å²) in [6.45, 7) is 6.38. The van der Waals surface area contributed by atoms with Gasteiger partial charge >= 0.3 is 0 Å². The summed E-state index contributed by atoms with van der Waals surface area (Å²) in [5.41, 5.74) is 6.96. The quantitative estimate of drug-likeness (QED) is 0.105. The minimum atomic E-state index is -4.58. The van der Waals surface area contributed by atoms with Gasteiger partial charge in [0.25, 0.3) is 20.0 Å². The van der Waals surface area contributed by atoms with Gasteiger partial charge in [-0.05, 0) is 60.7 Å². The van der Waals surface area contributed by atoms with Crippen LogP contribution in [-0.4, -0.2) is 89.0 Å². The minimum absolute atomic E-state index is 0.0330. The third-order valence-electron chi connectivity index (χ3n) is 11.4. The van der Waals surface area contributed by atoms with Gasteiger partial charge in [0.15, 0.2) is 11.6 Å². The fourth-order valence-corrected chi connectivity index (χ4v) is 11.9. The van der Waals surface area contributed by atoms with Gasteiger partial charge in [-0.25, -0.2) is 35.6 Å². The number of likely N-dealkylation sites (N-methyl/N-ethyl adjacent to an activating group) is 2. The Morgan fingerprint density at radius 2 is 1.26 bits per heavy atom. The van der Waals surface area contributed by atoms with E-state index >= 15 is 8.78 Å². The van der Waals surface area contributed by atoms with E-state index in [0.717, 1.165) is 68.5 Å². The van der Waals surface area contributed by atoms with E-state index in [9.17, 15) is 16.8 Å². The molecule has 320 valence electrons. The SMILES string of the molecule is Cc1cc(S(=O)(=O)Nc2ncsc2-c2cc(S(=O)(=O)Nc3cscn3)c(F)cc2N(C)C2CCN(Cc3ccccc3)C2)c(F)cc1N(C)C1CCN(Cc2ccccc2)C1. The van der Waals surface area contributed by atoms with Gasteiger partial charge in [0.05, 0.1) is 15.9 Å². The summed E-state index contributed by atoms with van der Waals surface area (Å²) < 4.78 is 92.5. The number of hydrogen-bond donors (Lipinski definition) is 2. The highest BCUT2D eigenvalue weighted by Gasteiger charge is 2.33. The number of hydrogen-bond acceptors (Lipinski definition) is 12. The molecular formula is C43H46F2N8O4S4. The fourth-order valence-electron chi connectivity index (χ4n) is 8.22. The molecule has 2 aliphatic heterocycles. The van der Waals surface area contributed by atoms with E-state index in [1.54, 1.807) is 6.92 Å². The number of anilines is 4. The standard InChI is InChI=1S/C43H46F2N8O4S4/c1-29-18-39(35(44)20-37(29)50(2)32-14-16-52(24-32)22-30-10-6-4-7-11-30)61(56,57)49-43-42(59-28-47-43)34-19-40(60(54,55)48-41-26-58-27-46-41)36(45)21-38(34)51(3)33-15-17-53(25-33)23-31-12-8-5-9-13-31/h4-13,18-21,26-28,32-33,48-49H,14-17,22-25H2,1-3H3. The highest BCUT2D eigenvalue weighted by Crippen LogP contribution is 2.43. The second-order valence-electron chi connectivity index (χ2n) is 15.5. The first-order valence-corrected chi connectivity index (χ1v) is 24.5. The molecule has 0 spiro atoms. The Bertz CT molecular complexity index is 2710. The molecule has 4 aromatic carbocycles. The van der Waals surface area contributed by atoms with Crippen LogP contribution in [0.5, 0.6) is 0 Å². The number of thiazole rings is 2. The zero-order valence-electron chi connectivity index (χ0n) is 33.8. The maximum atomic E-state index is 16.1. The summed E-state index contributed by atoms with van der Waals surface area (Å²) in [5, 5.41) is 1.48. The van der Waals surface area contributed by atoms with Crippen LogP contribution in [-0.2, 0) is 33.1 Å². The first-order valence-electron chi connectivity index (χ1n) is 19.8. The van der Waals surface area contributed by atoms with Crippen molar-refractivity contribution >= 4 is 65.7 Å². The van der Waals surface area contributed by atoms with Crippen LogP contribution in [0.1, 0.15) is 29.5 Å². The number of benzene rings is 4. The van der Waals surface area contributed by atoms with Crippen molar-refractivity contribution in [1.82, 2.24) is 19.8 Å². The third kappa shape index (κ3) is 9.44. The van der Waals surface area contributed by atoms with Crippen LogP contribution < -0.4 is 19.2 Å². The highest BCUT2D eigenvalue weighted by molar-refractivity contribution is 7.93. The first-order chi connectivity index (χ1) is 29.3. The van der Waals surface area contributed by atoms with Crippen molar-refractivity contribution in [2.75, 3.05) is 59.5 Å². The average Bonchev–Trinajstić information content (AvgIpc) is 4.09. The predicted octanol–water partition coefficient (Wildman–Crippen LogP) is 7.88. The van der Waals surface area contributed by atoms with Gasteiger partial charge in [0.2, 0.25) is 0 Å². The highest BCUT2D eigenvalue weighted by atomic mass is 32.2. The van der Waals surface area contributed by atoms with E-state index in [2.05, 4.69) is 53.5 Å². The Labute approximate surface area is 363 Å². The van der Waals surface area contributed by atoms with Gasteiger partial charge in [-0.3, -0.25) is 19.2 Å². The van der Waals surface area contributed by atoms with Gasteiger partial charge in [-0.1, -0.05) is 60.7 Å². The molecule has 2 fully saturated rings. The lowest BCUT2D eigenvalue weighted by atomic mass is 10.1. The van der Waals surface area contributed by atoms with Crippen molar-refractivity contribution in [1.29, 1.82) is 0 Å². The molecule has 2 unspecified atom stereocenters. The van der Waals surface area contributed by atoms with E-state index in [1.807, 2.05) is 60.3 Å². The molecule has 0 amide bonds. The zero-order valence-corrected chi connectivity index (χ0v) is 37.1. The maximum Gasteiger partial charge on any atom is 0.266 e. The summed E-state index contributed by atoms with van der Waals surface area (Å²) in [4.78, 5) is 15.9. The number of halogens is 2. The van der Waals surface area contributed by atoms with Crippen LogP contribution in [0.15, 0.2) is 111 Å². The van der Waals surface area contributed by atoms with Gasteiger partial charge in [0.1, 0.15) is 21.4 Å². The molecule has 2 atom stereocenters. The summed E-state index contributed by atoms with van der Waals surface area (Å²) in [7, 11) is -5.36. The molecule has 0 aliphatic carbocycles. The molecule has 6 aromatic rings. The fraction of sp³-hybridized carbons (Fsp3) is 0.302. The smallest absolute Gasteiger partial charge is 0.266 e. The molecule has 0 bridgehead atoms. The van der Waals surface area contributed by atoms with Crippen LogP contribution in [0.4, 0.5) is 31.8 Å². The van der Waals surface area contributed by atoms with Gasteiger partial charge < -0.3 is 9.80 Å². The van der Waals surface area contributed by atoms with E-state index in [4.69, 9.17) is 0 Å². The van der Waals surface area contributed by atoms with Crippen molar-refractivity contribution < 1.29 is 25.6 Å². The molecule has 18 heteroatoms. The topological polar surface area (TPSA) is 131 Å². The number of likely N-dealkylation sites (tertiary alicyclic amines) is 2. The number of nitrogens with one attached hydrogen (secondary N) is 2. The maximum absolute atomic E-state index is 16.1. The monoisotopic (exact) mass is 904 g/mol. The third-order valence-corrected chi connectivity index (χ3v) is 15.6. The van der Waals surface area contributed by atoms with Crippen molar-refractivity contribution in [3.63, 3.8) is 0 Å². The lowest BCUT2D eigenvalue weighted by Gasteiger charge is -2.29. The second kappa shape index (κ2) is 17.8. The van der Waals surface area contributed by atoms with Gasteiger partial charge in [-0.15, -0.1) is 22.7 Å². The molecule has 2 saturated heterocycles. The molecule has 8 rings (SSSR count). The average molecular weight is 905 g/mol. The summed E-state index contributed by atoms with van der Waals surface area (Å²) in [6, 6.07) is 25.2.